The van der Waals surface area contributed by atoms with E-state index in [9.17, 15) is 0 Å². The van der Waals surface area contributed by atoms with Gasteiger partial charge in [0.05, 0.1) is 7.11 Å². The van der Waals surface area contributed by atoms with E-state index in [2.05, 4.69) is 44.1 Å². The third-order valence-corrected chi connectivity index (χ3v) is 6.32. The van der Waals surface area contributed by atoms with Gasteiger partial charge in [-0.15, -0.1) is 24.0 Å². The first-order valence-corrected chi connectivity index (χ1v) is 11.3. The number of guanidine groups is 1. The van der Waals surface area contributed by atoms with Crippen molar-refractivity contribution >= 4 is 35.6 Å². The molecule has 0 bridgehead atoms. The maximum atomic E-state index is 5.26. The number of benzene rings is 1. The number of likely N-dealkylation sites (tertiary alicyclic amines) is 1. The highest BCUT2D eigenvalue weighted by Gasteiger charge is 2.20. The summed E-state index contributed by atoms with van der Waals surface area (Å²) < 4.78 is 5.26. The Hall–Kier alpha value is -1.22. The van der Waals surface area contributed by atoms with Crippen molar-refractivity contribution in [1.29, 1.82) is 0 Å². The number of unbranched alkanes of at least 4 members (excludes halogenated alkanes) is 1. The van der Waals surface area contributed by atoms with Gasteiger partial charge < -0.3 is 24.8 Å². The first-order chi connectivity index (χ1) is 14.2. The van der Waals surface area contributed by atoms with E-state index in [-0.39, 0.29) is 24.0 Å². The summed E-state index contributed by atoms with van der Waals surface area (Å²) in [5.41, 5.74) is 1.26. The van der Waals surface area contributed by atoms with Gasteiger partial charge in [0.15, 0.2) is 5.96 Å². The molecule has 0 spiro atoms. The molecule has 1 aromatic rings. The minimum Gasteiger partial charge on any atom is -0.497 e. The molecule has 1 aromatic carbocycles. The first kappa shape index (κ1) is 25.0. The Morgan fingerprint density at radius 2 is 1.80 bits per heavy atom. The molecule has 0 amide bonds. The summed E-state index contributed by atoms with van der Waals surface area (Å²) in [4.78, 5) is 12.0. The minimum absolute atomic E-state index is 0. The number of anilines is 1. The van der Waals surface area contributed by atoms with Crippen LogP contribution in [0.15, 0.2) is 29.3 Å². The van der Waals surface area contributed by atoms with Gasteiger partial charge in [-0.3, -0.25) is 4.99 Å². The molecule has 2 aliphatic rings. The van der Waals surface area contributed by atoms with E-state index < -0.39 is 0 Å². The van der Waals surface area contributed by atoms with Crippen molar-refractivity contribution in [3.8, 4) is 5.75 Å². The number of piperidine rings is 1. The maximum Gasteiger partial charge on any atom is 0.193 e. The number of ether oxygens (including phenoxy) is 1. The lowest BCUT2D eigenvalue weighted by Gasteiger charge is -2.37. The topological polar surface area (TPSA) is 43.3 Å². The van der Waals surface area contributed by atoms with E-state index in [0.717, 1.165) is 50.5 Å². The number of hydrogen-bond donors (Lipinski definition) is 1. The predicted octanol–water partition coefficient (Wildman–Crippen LogP) is 3.67. The zero-order valence-corrected chi connectivity index (χ0v) is 21.3. The number of nitrogens with one attached hydrogen (secondary N) is 1. The van der Waals surface area contributed by atoms with Gasteiger partial charge in [-0.1, -0.05) is 6.42 Å². The third-order valence-electron chi connectivity index (χ3n) is 6.32. The summed E-state index contributed by atoms with van der Waals surface area (Å²) in [7, 11) is 3.61. The van der Waals surface area contributed by atoms with Crippen molar-refractivity contribution in [2.75, 3.05) is 64.9 Å². The van der Waals surface area contributed by atoms with Gasteiger partial charge >= 0.3 is 0 Å². The molecule has 170 valence electrons. The minimum atomic E-state index is 0. The van der Waals surface area contributed by atoms with Gasteiger partial charge in [-0.05, 0) is 70.0 Å². The standard InChI is InChI=1S/C23H39N5O.HI/c1-20-8-4-6-14-26(20)15-7-5-13-25-23(24-2)28-18-16-27(17-19-28)21-9-11-22(29-3)12-10-21;/h9-12,20H,4-8,13-19H2,1-3H3,(H,24,25);1H. The second kappa shape index (κ2) is 13.2. The molecule has 0 aromatic heterocycles. The Bertz CT molecular complexity index is 631. The van der Waals surface area contributed by atoms with Gasteiger partial charge in [0.25, 0.3) is 0 Å². The Balaban J connectivity index is 0.00000320. The van der Waals surface area contributed by atoms with E-state index >= 15 is 0 Å². The molecule has 2 aliphatic heterocycles. The summed E-state index contributed by atoms with van der Waals surface area (Å²) in [6.45, 7) is 9.93. The maximum absolute atomic E-state index is 5.26. The van der Waals surface area contributed by atoms with E-state index in [4.69, 9.17) is 4.74 Å². The highest BCUT2D eigenvalue weighted by atomic mass is 127. The fraction of sp³-hybridized carbons (Fsp3) is 0.696. The highest BCUT2D eigenvalue weighted by Crippen LogP contribution is 2.20. The second-order valence-electron chi connectivity index (χ2n) is 8.23. The average Bonchev–Trinajstić information content (AvgIpc) is 2.78. The van der Waals surface area contributed by atoms with Crippen molar-refractivity contribution in [2.45, 2.75) is 45.1 Å². The molecule has 2 fully saturated rings. The number of aliphatic imine (C=N–C) groups is 1. The largest absolute Gasteiger partial charge is 0.497 e. The summed E-state index contributed by atoms with van der Waals surface area (Å²) in [6.07, 6.45) is 6.61. The number of halogens is 1. The molecule has 0 saturated carbocycles. The number of hydrogen-bond acceptors (Lipinski definition) is 4. The zero-order valence-electron chi connectivity index (χ0n) is 19.0. The summed E-state index contributed by atoms with van der Waals surface area (Å²) in [5, 5.41) is 3.58. The van der Waals surface area contributed by atoms with Crippen LogP contribution in [0.2, 0.25) is 0 Å². The summed E-state index contributed by atoms with van der Waals surface area (Å²) in [6, 6.07) is 9.13. The van der Waals surface area contributed by atoms with Gasteiger partial charge in [0.1, 0.15) is 5.75 Å². The lowest BCUT2D eigenvalue weighted by Crippen LogP contribution is -2.52. The third kappa shape index (κ3) is 7.18. The van der Waals surface area contributed by atoms with Crippen LogP contribution in [0.3, 0.4) is 0 Å². The number of rotatable bonds is 7. The molecule has 1 unspecified atom stereocenters. The Morgan fingerprint density at radius 3 is 2.43 bits per heavy atom. The smallest absolute Gasteiger partial charge is 0.193 e. The van der Waals surface area contributed by atoms with Crippen LogP contribution in [0.25, 0.3) is 0 Å². The van der Waals surface area contributed by atoms with Crippen LogP contribution < -0.4 is 15.0 Å². The van der Waals surface area contributed by atoms with Crippen LogP contribution in [0.4, 0.5) is 5.69 Å². The van der Waals surface area contributed by atoms with Crippen molar-refractivity contribution in [1.82, 2.24) is 15.1 Å². The first-order valence-electron chi connectivity index (χ1n) is 11.3. The quantitative estimate of drug-likeness (QED) is 0.253. The number of nitrogens with zero attached hydrogens (tertiary/aromatic N) is 4. The van der Waals surface area contributed by atoms with Crippen LogP contribution in [0.1, 0.15) is 39.0 Å². The molecule has 7 heteroatoms. The summed E-state index contributed by atoms with van der Waals surface area (Å²) >= 11 is 0. The van der Waals surface area contributed by atoms with Crippen molar-refractivity contribution in [3.63, 3.8) is 0 Å². The van der Waals surface area contributed by atoms with Crippen LogP contribution in [-0.4, -0.2) is 81.8 Å². The monoisotopic (exact) mass is 529 g/mol. The van der Waals surface area contributed by atoms with Gasteiger partial charge in [-0.25, -0.2) is 0 Å². The average molecular weight is 530 g/mol. The van der Waals surface area contributed by atoms with E-state index in [1.165, 1.54) is 50.9 Å². The molecular formula is C23H40IN5O. The van der Waals surface area contributed by atoms with Crippen molar-refractivity contribution < 1.29 is 4.74 Å². The van der Waals surface area contributed by atoms with Crippen LogP contribution >= 0.6 is 24.0 Å². The van der Waals surface area contributed by atoms with Gasteiger partial charge in [-0.2, -0.15) is 0 Å². The van der Waals surface area contributed by atoms with Crippen LogP contribution in [0, 0.1) is 0 Å². The molecule has 1 atom stereocenters. The Morgan fingerprint density at radius 1 is 1.07 bits per heavy atom. The van der Waals surface area contributed by atoms with Crippen molar-refractivity contribution in [3.05, 3.63) is 24.3 Å². The molecular weight excluding hydrogens is 489 g/mol. The molecule has 0 radical (unpaired) electrons. The van der Waals surface area contributed by atoms with E-state index in [1.807, 2.05) is 19.2 Å². The number of piperazine rings is 1. The molecule has 30 heavy (non-hydrogen) atoms. The molecule has 2 heterocycles. The SMILES string of the molecule is CN=C(NCCCCN1CCCCC1C)N1CCN(c2ccc(OC)cc2)CC1.I. The van der Waals surface area contributed by atoms with Gasteiger partial charge in [0.2, 0.25) is 0 Å². The van der Waals surface area contributed by atoms with E-state index in [1.54, 1.807) is 7.11 Å². The van der Waals surface area contributed by atoms with E-state index in [0.29, 0.717) is 0 Å². The summed E-state index contributed by atoms with van der Waals surface area (Å²) in [5.74, 6) is 1.96. The fourth-order valence-electron chi connectivity index (χ4n) is 4.43. The molecule has 3 rings (SSSR count). The molecule has 1 N–H and O–H groups in total. The molecule has 0 aliphatic carbocycles. The predicted molar refractivity (Wildman–Crippen MR) is 138 cm³/mol. The Labute approximate surface area is 200 Å². The highest BCUT2D eigenvalue weighted by molar-refractivity contribution is 14.0. The molecule has 6 nitrogen and oxygen atoms in total. The fourth-order valence-corrected chi connectivity index (χ4v) is 4.43. The van der Waals surface area contributed by atoms with Crippen LogP contribution in [0.5, 0.6) is 5.75 Å². The lowest BCUT2D eigenvalue weighted by atomic mass is 10.0. The van der Waals surface area contributed by atoms with Crippen molar-refractivity contribution in [2.24, 2.45) is 4.99 Å². The zero-order chi connectivity index (χ0) is 20.5. The van der Waals surface area contributed by atoms with Gasteiger partial charge in [0, 0.05) is 51.5 Å². The Kier molecular flexibility index (Phi) is 11.1. The second-order valence-corrected chi connectivity index (χ2v) is 8.23. The molecule has 2 saturated heterocycles. The van der Waals surface area contributed by atoms with Crippen LogP contribution in [-0.2, 0) is 0 Å². The lowest BCUT2D eigenvalue weighted by molar-refractivity contribution is 0.158. The number of methoxy groups -OCH3 is 1. The normalized spacial score (nSPS) is 20.6.